The highest BCUT2D eigenvalue weighted by Gasteiger charge is 2.20. The van der Waals surface area contributed by atoms with Gasteiger partial charge in [-0.15, -0.1) is 11.3 Å². The van der Waals surface area contributed by atoms with Gasteiger partial charge in [0.15, 0.2) is 0 Å². The van der Waals surface area contributed by atoms with Gasteiger partial charge < -0.3 is 10.1 Å². The van der Waals surface area contributed by atoms with Crippen LogP contribution in [0, 0.1) is 6.92 Å². The maximum absolute atomic E-state index is 12.7. The van der Waals surface area contributed by atoms with Gasteiger partial charge in [-0.25, -0.2) is 4.98 Å². The highest BCUT2D eigenvalue weighted by atomic mass is 32.1. The minimum absolute atomic E-state index is 0.143. The number of methoxy groups -OCH3 is 1. The summed E-state index contributed by atoms with van der Waals surface area (Å²) in [5.41, 5.74) is 2.41. The third-order valence-corrected chi connectivity index (χ3v) is 5.02. The molecule has 0 aliphatic carbocycles. The lowest BCUT2D eigenvalue weighted by molar-refractivity contribution is 0.0943. The second kappa shape index (κ2) is 7.44. The van der Waals surface area contributed by atoms with E-state index in [1.165, 1.54) is 11.3 Å². The molecule has 0 aliphatic rings. The maximum Gasteiger partial charge on any atom is 0.263 e. The lowest BCUT2D eigenvalue weighted by Gasteiger charge is -2.16. The number of nitrogens with one attached hydrogen (secondary N) is 1. The van der Waals surface area contributed by atoms with Gasteiger partial charge in [0.2, 0.25) is 0 Å². The Morgan fingerprint density at radius 3 is 2.68 bits per heavy atom. The lowest BCUT2D eigenvalue weighted by Crippen LogP contribution is -2.26. The zero-order chi connectivity index (χ0) is 17.8. The number of rotatable bonds is 5. The highest BCUT2D eigenvalue weighted by Crippen LogP contribution is 2.28. The molecule has 25 heavy (non-hydrogen) atoms. The average Bonchev–Trinajstić information content (AvgIpc) is 3.04. The fourth-order valence-corrected chi connectivity index (χ4v) is 3.52. The standard InChI is InChI=1S/C19H19N3O2S/c1-12(14-8-4-5-10-16(14)24-3)21-18(23)17-13(2)22-19(25-17)15-9-6-7-11-20-15/h4-12H,1-3H3,(H,21,23)/t12-/m1/s1. The number of aryl methyl sites for hydroxylation is 1. The van der Waals surface area contributed by atoms with Gasteiger partial charge in [0.05, 0.1) is 24.5 Å². The highest BCUT2D eigenvalue weighted by molar-refractivity contribution is 7.17. The SMILES string of the molecule is COc1ccccc1[C@@H](C)NC(=O)c1sc(-c2ccccn2)nc1C. The van der Waals surface area contributed by atoms with Gasteiger partial charge in [-0.3, -0.25) is 9.78 Å². The van der Waals surface area contributed by atoms with Crippen LogP contribution in [0.1, 0.15) is 33.9 Å². The van der Waals surface area contributed by atoms with Crippen molar-refractivity contribution in [2.75, 3.05) is 7.11 Å². The first-order valence-corrected chi connectivity index (χ1v) is 8.74. The molecule has 5 nitrogen and oxygen atoms in total. The van der Waals surface area contributed by atoms with Crippen molar-refractivity contribution >= 4 is 17.2 Å². The number of carbonyl (C=O) groups excluding carboxylic acids is 1. The fourth-order valence-electron chi connectivity index (χ4n) is 2.57. The minimum Gasteiger partial charge on any atom is -0.496 e. The number of ether oxygens (including phenoxy) is 1. The van der Waals surface area contributed by atoms with Crippen molar-refractivity contribution in [2.24, 2.45) is 0 Å². The van der Waals surface area contributed by atoms with E-state index in [-0.39, 0.29) is 11.9 Å². The molecule has 0 spiro atoms. The first-order chi connectivity index (χ1) is 12.1. The van der Waals surface area contributed by atoms with Crippen LogP contribution in [0.4, 0.5) is 0 Å². The third kappa shape index (κ3) is 3.69. The van der Waals surface area contributed by atoms with E-state index in [1.807, 2.05) is 56.3 Å². The molecule has 0 radical (unpaired) electrons. The van der Waals surface area contributed by atoms with Crippen LogP contribution in [-0.2, 0) is 0 Å². The van der Waals surface area contributed by atoms with E-state index in [4.69, 9.17) is 4.74 Å². The Kier molecular flexibility index (Phi) is 5.09. The molecule has 0 fully saturated rings. The topological polar surface area (TPSA) is 64.1 Å². The first-order valence-electron chi connectivity index (χ1n) is 7.92. The Morgan fingerprint density at radius 2 is 1.96 bits per heavy atom. The summed E-state index contributed by atoms with van der Waals surface area (Å²) in [5.74, 6) is 0.612. The van der Waals surface area contributed by atoms with E-state index < -0.39 is 0 Å². The lowest BCUT2D eigenvalue weighted by atomic mass is 10.1. The van der Waals surface area contributed by atoms with Crippen molar-refractivity contribution in [1.29, 1.82) is 0 Å². The van der Waals surface area contributed by atoms with Crippen LogP contribution in [0.5, 0.6) is 5.75 Å². The summed E-state index contributed by atoms with van der Waals surface area (Å²) in [7, 11) is 1.62. The second-order valence-electron chi connectivity index (χ2n) is 5.59. The number of aromatic nitrogens is 2. The molecule has 3 aromatic rings. The minimum atomic E-state index is -0.177. The number of pyridine rings is 1. The molecule has 1 N–H and O–H groups in total. The van der Waals surface area contributed by atoms with Gasteiger partial charge >= 0.3 is 0 Å². The number of carbonyl (C=O) groups is 1. The van der Waals surface area contributed by atoms with Crippen molar-refractivity contribution < 1.29 is 9.53 Å². The monoisotopic (exact) mass is 353 g/mol. The van der Waals surface area contributed by atoms with Crippen LogP contribution in [0.3, 0.4) is 0 Å². The molecule has 1 amide bonds. The van der Waals surface area contributed by atoms with E-state index in [9.17, 15) is 4.79 Å². The van der Waals surface area contributed by atoms with Crippen molar-refractivity contribution in [3.63, 3.8) is 0 Å². The quantitative estimate of drug-likeness (QED) is 0.753. The number of amides is 1. The Bertz CT molecular complexity index is 877. The normalized spacial score (nSPS) is 11.8. The number of hydrogen-bond acceptors (Lipinski definition) is 5. The molecule has 6 heteroatoms. The predicted molar refractivity (Wildman–Crippen MR) is 99.0 cm³/mol. The van der Waals surface area contributed by atoms with E-state index in [0.29, 0.717) is 10.6 Å². The second-order valence-corrected chi connectivity index (χ2v) is 6.58. The summed E-state index contributed by atoms with van der Waals surface area (Å²) in [6.45, 7) is 3.78. The van der Waals surface area contributed by atoms with Gasteiger partial charge in [-0.05, 0) is 32.0 Å². The summed E-state index contributed by atoms with van der Waals surface area (Å²) in [6.07, 6.45) is 1.72. The number of benzene rings is 1. The fraction of sp³-hybridized carbons (Fsp3) is 0.211. The molecule has 0 unspecified atom stereocenters. The van der Waals surface area contributed by atoms with Gasteiger partial charge in [0.1, 0.15) is 15.6 Å². The Hall–Kier alpha value is -2.73. The summed E-state index contributed by atoms with van der Waals surface area (Å²) in [5, 5.41) is 3.77. The average molecular weight is 353 g/mol. The molecule has 2 aromatic heterocycles. The van der Waals surface area contributed by atoms with Crippen LogP contribution in [-0.4, -0.2) is 23.0 Å². The van der Waals surface area contributed by atoms with E-state index >= 15 is 0 Å². The molecule has 1 atom stereocenters. The van der Waals surface area contributed by atoms with E-state index in [1.54, 1.807) is 13.3 Å². The van der Waals surface area contributed by atoms with E-state index in [0.717, 1.165) is 22.0 Å². The first kappa shape index (κ1) is 17.1. The molecular formula is C19H19N3O2S. The Morgan fingerprint density at radius 1 is 1.20 bits per heavy atom. The molecule has 0 bridgehead atoms. The van der Waals surface area contributed by atoms with Gasteiger partial charge in [0, 0.05) is 11.8 Å². The number of para-hydroxylation sites is 1. The van der Waals surface area contributed by atoms with Crippen LogP contribution in [0.25, 0.3) is 10.7 Å². The van der Waals surface area contributed by atoms with Crippen LogP contribution >= 0.6 is 11.3 Å². The van der Waals surface area contributed by atoms with Gasteiger partial charge in [0.25, 0.3) is 5.91 Å². The Labute approximate surface area is 150 Å². The summed E-state index contributed by atoms with van der Waals surface area (Å²) in [4.78, 5) is 22.1. The van der Waals surface area contributed by atoms with Crippen molar-refractivity contribution in [3.8, 4) is 16.5 Å². The molecule has 0 saturated heterocycles. The van der Waals surface area contributed by atoms with Crippen LogP contribution in [0.15, 0.2) is 48.7 Å². The summed E-state index contributed by atoms with van der Waals surface area (Å²) >= 11 is 1.35. The smallest absolute Gasteiger partial charge is 0.263 e. The number of thiazole rings is 1. The molecule has 0 aliphatic heterocycles. The number of hydrogen-bond donors (Lipinski definition) is 1. The zero-order valence-electron chi connectivity index (χ0n) is 14.3. The third-order valence-electron chi connectivity index (χ3n) is 3.84. The maximum atomic E-state index is 12.7. The molecule has 1 aromatic carbocycles. The summed E-state index contributed by atoms with van der Waals surface area (Å²) in [6, 6.07) is 13.1. The zero-order valence-corrected chi connectivity index (χ0v) is 15.1. The Balaban J connectivity index is 1.81. The van der Waals surface area contributed by atoms with Gasteiger partial charge in [-0.2, -0.15) is 0 Å². The van der Waals surface area contributed by atoms with E-state index in [2.05, 4.69) is 15.3 Å². The molecule has 2 heterocycles. The predicted octanol–water partition coefficient (Wildman–Crippen LogP) is 4.01. The molecular weight excluding hydrogens is 334 g/mol. The molecule has 128 valence electrons. The molecule has 3 rings (SSSR count). The van der Waals surface area contributed by atoms with Crippen molar-refractivity contribution in [2.45, 2.75) is 19.9 Å². The largest absolute Gasteiger partial charge is 0.496 e. The molecule has 0 saturated carbocycles. The van der Waals surface area contributed by atoms with Gasteiger partial charge in [-0.1, -0.05) is 24.3 Å². The number of nitrogens with zero attached hydrogens (tertiary/aromatic N) is 2. The summed E-state index contributed by atoms with van der Waals surface area (Å²) < 4.78 is 5.37. The van der Waals surface area contributed by atoms with Crippen molar-refractivity contribution in [1.82, 2.24) is 15.3 Å². The van der Waals surface area contributed by atoms with Crippen molar-refractivity contribution in [3.05, 3.63) is 64.8 Å². The van der Waals surface area contributed by atoms with Crippen LogP contribution < -0.4 is 10.1 Å². The van der Waals surface area contributed by atoms with Crippen LogP contribution in [0.2, 0.25) is 0 Å².